The van der Waals surface area contributed by atoms with Gasteiger partial charge in [0.15, 0.2) is 8.32 Å². The zero-order valence-electron chi connectivity index (χ0n) is 12.3. The molecule has 0 aliphatic heterocycles. The fourth-order valence-electron chi connectivity index (χ4n) is 2.10. The third kappa shape index (κ3) is 6.38. The normalized spacial score (nSPS) is 16.6. The van der Waals surface area contributed by atoms with Gasteiger partial charge in [-0.3, -0.25) is 0 Å². The van der Waals surface area contributed by atoms with E-state index in [2.05, 4.69) is 46.2 Å². The number of hydrogen-bond donors (Lipinski definition) is 0. The van der Waals surface area contributed by atoms with Crippen molar-refractivity contribution < 1.29 is 14.3 Å². The number of rotatable bonds is 7. The molecule has 0 rings (SSSR count). The van der Waals surface area contributed by atoms with Gasteiger partial charge in [-0.25, -0.2) is 0 Å². The van der Waals surface area contributed by atoms with Gasteiger partial charge in [0.05, 0.1) is 14.2 Å². The molecular formula is C12H27O3Si2-. The summed E-state index contributed by atoms with van der Waals surface area (Å²) in [6.45, 7) is 14.6. The molecule has 0 aromatic carbocycles. The van der Waals surface area contributed by atoms with E-state index in [1.165, 1.54) is 0 Å². The van der Waals surface area contributed by atoms with Crippen LogP contribution in [-0.2, 0) is 9.22 Å². The minimum atomic E-state index is -1.81. The average Bonchev–Trinajstić information content (AvgIpc) is 1.96. The lowest BCUT2D eigenvalue weighted by atomic mass is 10.1. The predicted molar refractivity (Wildman–Crippen MR) is 75.2 cm³/mol. The summed E-state index contributed by atoms with van der Waals surface area (Å²) in [6, 6.07) is 0. The second kappa shape index (κ2) is 6.15. The van der Waals surface area contributed by atoms with Gasteiger partial charge >= 0.3 is 0 Å². The van der Waals surface area contributed by atoms with Crippen LogP contribution in [0.4, 0.5) is 0 Å². The Labute approximate surface area is 108 Å². The quantitative estimate of drug-likeness (QED) is 0.671. The van der Waals surface area contributed by atoms with Gasteiger partial charge in [0.1, 0.15) is 0 Å². The standard InChI is InChI=1S/C12H28O3Si2/c1-8-9-10(15-17(5,6)7)11(12(13)14)16(2,3)4/h10-11H,8-9H2,1-7H3,(H,13,14)/p-1. The molecule has 0 N–H and O–H groups in total. The molecule has 0 saturated carbocycles. The lowest BCUT2D eigenvalue weighted by Gasteiger charge is -2.39. The highest BCUT2D eigenvalue weighted by atomic mass is 28.4. The van der Waals surface area contributed by atoms with Crippen molar-refractivity contribution >= 4 is 22.4 Å². The Hall–Kier alpha value is -0.136. The van der Waals surface area contributed by atoms with Crippen LogP contribution < -0.4 is 5.11 Å². The van der Waals surface area contributed by atoms with Crippen molar-refractivity contribution in [1.29, 1.82) is 0 Å². The molecule has 0 heterocycles. The van der Waals surface area contributed by atoms with Crippen molar-refractivity contribution in [2.75, 3.05) is 0 Å². The maximum atomic E-state index is 11.4. The molecule has 0 saturated heterocycles. The van der Waals surface area contributed by atoms with Crippen LogP contribution in [-0.4, -0.2) is 28.5 Å². The van der Waals surface area contributed by atoms with Crippen LogP contribution in [0.15, 0.2) is 0 Å². The van der Waals surface area contributed by atoms with Crippen molar-refractivity contribution in [2.24, 2.45) is 0 Å². The van der Waals surface area contributed by atoms with Gasteiger partial charge in [-0.2, -0.15) is 0 Å². The van der Waals surface area contributed by atoms with Crippen molar-refractivity contribution in [3.05, 3.63) is 0 Å². The molecular weight excluding hydrogens is 248 g/mol. The largest absolute Gasteiger partial charge is 0.550 e. The lowest BCUT2D eigenvalue weighted by molar-refractivity contribution is -0.307. The summed E-state index contributed by atoms with van der Waals surface area (Å²) in [4.78, 5) is 11.4. The van der Waals surface area contributed by atoms with Gasteiger partial charge < -0.3 is 14.3 Å². The average molecular weight is 276 g/mol. The minimum Gasteiger partial charge on any atom is -0.550 e. The van der Waals surface area contributed by atoms with Gasteiger partial charge in [-0.05, 0) is 26.1 Å². The van der Waals surface area contributed by atoms with Gasteiger partial charge in [-0.1, -0.05) is 33.0 Å². The molecule has 0 spiro atoms. The second-order valence-electron chi connectivity index (χ2n) is 6.72. The van der Waals surface area contributed by atoms with Crippen molar-refractivity contribution in [3.8, 4) is 0 Å². The topological polar surface area (TPSA) is 49.4 Å². The van der Waals surface area contributed by atoms with E-state index in [1.54, 1.807) is 0 Å². The first kappa shape index (κ1) is 16.9. The Morgan fingerprint density at radius 3 is 1.88 bits per heavy atom. The number of hydrogen-bond acceptors (Lipinski definition) is 3. The van der Waals surface area contributed by atoms with Crippen molar-refractivity contribution in [3.63, 3.8) is 0 Å². The summed E-state index contributed by atoms with van der Waals surface area (Å²) in [5.74, 6) is -0.930. The van der Waals surface area contributed by atoms with Gasteiger partial charge in [0.25, 0.3) is 0 Å². The Bertz CT molecular complexity index is 253. The summed E-state index contributed by atoms with van der Waals surface area (Å²) < 4.78 is 6.08. The van der Waals surface area contributed by atoms with Crippen LogP contribution >= 0.6 is 0 Å². The number of carboxylic acids is 1. The van der Waals surface area contributed by atoms with Crippen LogP contribution in [0.2, 0.25) is 44.8 Å². The summed E-state index contributed by atoms with van der Waals surface area (Å²) >= 11 is 0. The molecule has 2 atom stereocenters. The SMILES string of the molecule is CCCC(O[Si](C)(C)C)C(C(=O)[O-])[Si](C)(C)C. The van der Waals surface area contributed by atoms with Gasteiger partial charge in [0, 0.05) is 11.5 Å². The molecule has 5 heteroatoms. The molecule has 0 radical (unpaired) electrons. The zero-order valence-corrected chi connectivity index (χ0v) is 14.3. The first-order valence-corrected chi connectivity index (χ1v) is 13.4. The molecule has 0 aliphatic rings. The van der Waals surface area contributed by atoms with Crippen LogP contribution in [0.25, 0.3) is 0 Å². The van der Waals surface area contributed by atoms with Crippen molar-refractivity contribution in [1.82, 2.24) is 0 Å². The molecule has 0 fully saturated rings. The number of carbonyl (C=O) groups is 1. The molecule has 0 aromatic rings. The van der Waals surface area contributed by atoms with Crippen LogP contribution in [0.1, 0.15) is 19.8 Å². The van der Waals surface area contributed by atoms with E-state index in [-0.39, 0.29) is 6.10 Å². The monoisotopic (exact) mass is 275 g/mol. The number of aliphatic carboxylic acids is 1. The highest BCUT2D eigenvalue weighted by molar-refractivity contribution is 6.80. The van der Waals surface area contributed by atoms with E-state index in [0.717, 1.165) is 12.8 Å². The first-order chi connectivity index (χ1) is 7.49. The number of carboxylic acid groups (broad SMARTS) is 1. The molecule has 0 amide bonds. The third-order valence-corrected chi connectivity index (χ3v) is 6.12. The maximum Gasteiger partial charge on any atom is 0.184 e. The molecule has 0 aliphatic carbocycles. The van der Waals surface area contributed by atoms with E-state index in [0.29, 0.717) is 0 Å². The van der Waals surface area contributed by atoms with E-state index in [9.17, 15) is 9.90 Å². The predicted octanol–water partition coefficient (Wildman–Crippen LogP) is 2.46. The Morgan fingerprint density at radius 1 is 1.18 bits per heavy atom. The minimum absolute atomic E-state index is 0.164. The Morgan fingerprint density at radius 2 is 1.65 bits per heavy atom. The number of carbonyl (C=O) groups excluding carboxylic acids is 1. The van der Waals surface area contributed by atoms with Crippen LogP contribution in [0.5, 0.6) is 0 Å². The van der Waals surface area contributed by atoms with Gasteiger partial charge in [0.2, 0.25) is 0 Å². The fraction of sp³-hybridized carbons (Fsp3) is 0.917. The maximum absolute atomic E-state index is 11.4. The summed E-state index contributed by atoms with van der Waals surface area (Å²) in [7, 11) is -3.53. The Kier molecular flexibility index (Phi) is 6.11. The van der Waals surface area contributed by atoms with Crippen molar-refractivity contribution in [2.45, 2.75) is 70.7 Å². The first-order valence-electron chi connectivity index (χ1n) is 6.37. The second-order valence-corrected chi connectivity index (χ2v) is 16.5. The van der Waals surface area contributed by atoms with E-state index < -0.39 is 27.9 Å². The molecule has 17 heavy (non-hydrogen) atoms. The summed E-state index contributed by atoms with van der Waals surface area (Å²) in [5.41, 5.74) is -0.408. The van der Waals surface area contributed by atoms with Crippen LogP contribution in [0, 0.1) is 0 Å². The molecule has 0 aromatic heterocycles. The lowest BCUT2D eigenvalue weighted by Crippen LogP contribution is -2.50. The zero-order chi connectivity index (χ0) is 13.9. The molecule has 102 valence electrons. The molecule has 2 unspecified atom stereocenters. The fourth-order valence-corrected chi connectivity index (χ4v) is 5.45. The van der Waals surface area contributed by atoms with Crippen LogP contribution in [0.3, 0.4) is 0 Å². The van der Waals surface area contributed by atoms with E-state index >= 15 is 0 Å². The Balaban J connectivity index is 5.04. The van der Waals surface area contributed by atoms with Gasteiger partial charge in [-0.15, -0.1) is 0 Å². The summed E-state index contributed by atoms with van der Waals surface area (Å²) in [5, 5.41) is 11.4. The third-order valence-electron chi connectivity index (χ3n) is 2.64. The molecule has 0 bridgehead atoms. The highest BCUT2D eigenvalue weighted by Crippen LogP contribution is 2.31. The molecule has 3 nitrogen and oxygen atoms in total. The smallest absolute Gasteiger partial charge is 0.184 e. The van der Waals surface area contributed by atoms with E-state index in [4.69, 9.17) is 4.43 Å². The highest BCUT2D eigenvalue weighted by Gasteiger charge is 2.37. The summed E-state index contributed by atoms with van der Waals surface area (Å²) in [6.07, 6.45) is 1.60. The van der Waals surface area contributed by atoms with E-state index in [1.807, 2.05) is 0 Å².